The van der Waals surface area contributed by atoms with Gasteiger partial charge in [-0.3, -0.25) is 19.7 Å². The number of nitrogen functional groups attached to an aromatic ring is 1. The molecule has 0 spiro atoms. The molecule has 4 aromatic rings. The first-order valence-electron chi connectivity index (χ1n) is 11.5. The van der Waals surface area contributed by atoms with Crippen LogP contribution in [0.4, 0.5) is 11.5 Å². The zero-order valence-corrected chi connectivity index (χ0v) is 19.9. The number of hydrogen-bond acceptors (Lipinski definition) is 7. The fraction of sp³-hybridized carbons (Fsp3) is 0.259. The maximum Gasteiger partial charge on any atom is 0.253 e. The van der Waals surface area contributed by atoms with Crippen LogP contribution in [0, 0.1) is 0 Å². The van der Waals surface area contributed by atoms with Crippen molar-refractivity contribution in [1.82, 2.24) is 25.2 Å². The minimum Gasteiger partial charge on any atom is -0.383 e. The third-order valence-corrected chi connectivity index (χ3v) is 6.59. The Kier molecular flexibility index (Phi) is 7.97. The molecule has 5 rings (SSSR count). The highest BCUT2D eigenvalue weighted by molar-refractivity contribution is 6.31. The molecule has 1 aromatic carbocycles. The summed E-state index contributed by atoms with van der Waals surface area (Å²) in [6, 6.07) is 13.5. The quantitative estimate of drug-likeness (QED) is 0.407. The number of anilines is 2. The Morgan fingerprint density at radius 3 is 2.53 bits per heavy atom. The van der Waals surface area contributed by atoms with Gasteiger partial charge in [-0.1, -0.05) is 31.2 Å². The molecule has 1 aliphatic rings. The summed E-state index contributed by atoms with van der Waals surface area (Å²) < 4.78 is 0. The summed E-state index contributed by atoms with van der Waals surface area (Å²) in [5, 5.41) is 5.32. The van der Waals surface area contributed by atoms with Crippen LogP contribution in [0.15, 0.2) is 67.3 Å². The van der Waals surface area contributed by atoms with Gasteiger partial charge in [-0.2, -0.15) is 0 Å². The van der Waals surface area contributed by atoms with Gasteiger partial charge < -0.3 is 16.0 Å². The molecule has 3 aromatic heterocycles. The summed E-state index contributed by atoms with van der Waals surface area (Å²) in [6.45, 7) is 4.73. The molecule has 0 unspecified atom stereocenters. The van der Waals surface area contributed by atoms with Crippen molar-refractivity contribution in [3.63, 3.8) is 0 Å². The first-order valence-corrected chi connectivity index (χ1v) is 11.9. The molecule has 8 nitrogen and oxygen atoms in total. The number of fused-ring (bicyclic) bond motifs is 1. The minimum absolute atomic E-state index is 0. The summed E-state index contributed by atoms with van der Waals surface area (Å²) in [5.74, 6) is 0.278. The number of nitrogens with one attached hydrogen (secondary N) is 1. The van der Waals surface area contributed by atoms with Crippen molar-refractivity contribution in [3.8, 4) is 0 Å². The number of hydrogen-bond donors (Lipinski definition) is 2. The van der Waals surface area contributed by atoms with E-state index in [4.69, 9.17) is 17.3 Å². The van der Waals surface area contributed by atoms with Gasteiger partial charge in [0.15, 0.2) is 0 Å². The number of nitrogens with two attached hydrogens (primary N) is 1. The van der Waals surface area contributed by atoms with Gasteiger partial charge in [-0.05, 0) is 41.3 Å². The van der Waals surface area contributed by atoms with E-state index < -0.39 is 0 Å². The maximum atomic E-state index is 12.7. The predicted molar refractivity (Wildman–Crippen MR) is 145 cm³/mol. The van der Waals surface area contributed by atoms with Gasteiger partial charge in [-0.15, -0.1) is 0 Å². The van der Waals surface area contributed by atoms with Gasteiger partial charge in [0.05, 0.1) is 16.3 Å². The monoisotopic (exact) mass is 503 g/mol. The molecular formula is C27H30ClN7O. The molecule has 9 heteroatoms. The minimum atomic E-state index is -0.216. The van der Waals surface area contributed by atoms with E-state index >= 15 is 0 Å². The molecule has 0 saturated carbocycles. The Bertz CT molecular complexity index is 1340. The largest absolute Gasteiger partial charge is 0.383 e. The standard InChI is InChI=1S/C26H26ClN7O.CH4/c27-23-14-20(26(35)32-15-18-1-2-22-19(13-18)3-8-30-25(22)28)16-31-24(23)17-33-9-11-34(12-10-33)21-4-6-29-7-5-21;/h1-8,13-14,16H,9-12,15,17H2,(H2,28,30)(H,32,35);1H4. The molecule has 186 valence electrons. The highest BCUT2D eigenvalue weighted by atomic mass is 35.5. The summed E-state index contributed by atoms with van der Waals surface area (Å²) >= 11 is 6.51. The number of amides is 1. The first-order chi connectivity index (χ1) is 17.1. The van der Waals surface area contributed by atoms with E-state index in [2.05, 4.69) is 30.1 Å². The molecule has 1 aliphatic heterocycles. The second-order valence-electron chi connectivity index (χ2n) is 8.56. The topological polar surface area (TPSA) is 100 Å². The summed E-state index contributed by atoms with van der Waals surface area (Å²) in [5.41, 5.74) is 9.29. The fourth-order valence-corrected chi connectivity index (χ4v) is 4.51. The highest BCUT2D eigenvalue weighted by Gasteiger charge is 2.19. The van der Waals surface area contributed by atoms with Gasteiger partial charge in [0, 0.05) is 75.1 Å². The number of pyridine rings is 3. The molecular weight excluding hydrogens is 474 g/mol. The number of aromatic nitrogens is 3. The molecule has 0 bridgehead atoms. The third kappa shape index (κ3) is 5.72. The van der Waals surface area contributed by atoms with Crippen LogP contribution < -0.4 is 16.0 Å². The van der Waals surface area contributed by atoms with E-state index in [9.17, 15) is 4.79 Å². The van der Waals surface area contributed by atoms with Crippen LogP contribution >= 0.6 is 11.6 Å². The van der Waals surface area contributed by atoms with Crippen LogP contribution in [-0.2, 0) is 13.1 Å². The van der Waals surface area contributed by atoms with E-state index in [-0.39, 0.29) is 13.3 Å². The van der Waals surface area contributed by atoms with Crippen LogP contribution in [0.1, 0.15) is 29.0 Å². The van der Waals surface area contributed by atoms with E-state index in [0.29, 0.717) is 29.5 Å². The Hall–Kier alpha value is -3.75. The van der Waals surface area contributed by atoms with Gasteiger partial charge in [0.1, 0.15) is 5.82 Å². The molecule has 0 radical (unpaired) electrons. The van der Waals surface area contributed by atoms with E-state index in [1.54, 1.807) is 18.5 Å². The van der Waals surface area contributed by atoms with Crippen molar-refractivity contribution < 1.29 is 4.79 Å². The van der Waals surface area contributed by atoms with Crippen molar-refractivity contribution in [2.24, 2.45) is 0 Å². The average Bonchev–Trinajstić information content (AvgIpc) is 2.89. The van der Waals surface area contributed by atoms with Crippen molar-refractivity contribution in [2.75, 3.05) is 36.8 Å². The van der Waals surface area contributed by atoms with Crippen LogP contribution in [0.25, 0.3) is 10.8 Å². The van der Waals surface area contributed by atoms with Crippen molar-refractivity contribution >= 4 is 39.8 Å². The van der Waals surface area contributed by atoms with Crippen LogP contribution in [0.3, 0.4) is 0 Å². The number of carbonyl (C=O) groups is 1. The lowest BCUT2D eigenvalue weighted by atomic mass is 10.1. The molecule has 0 aliphatic carbocycles. The van der Waals surface area contributed by atoms with E-state index in [1.165, 1.54) is 5.69 Å². The van der Waals surface area contributed by atoms with E-state index in [0.717, 1.165) is 48.2 Å². The summed E-state index contributed by atoms with van der Waals surface area (Å²) in [6.07, 6.45) is 6.91. The normalized spacial score (nSPS) is 13.9. The molecule has 1 amide bonds. The number of halogens is 1. The summed E-state index contributed by atoms with van der Waals surface area (Å²) in [4.78, 5) is 30.1. The number of nitrogens with zero attached hydrogens (tertiary/aromatic N) is 5. The molecule has 3 N–H and O–H groups in total. The Morgan fingerprint density at radius 1 is 1.00 bits per heavy atom. The Balaban J connectivity index is 0.00000304. The maximum absolute atomic E-state index is 12.7. The number of benzene rings is 1. The Morgan fingerprint density at radius 2 is 1.78 bits per heavy atom. The van der Waals surface area contributed by atoms with Gasteiger partial charge >= 0.3 is 0 Å². The van der Waals surface area contributed by atoms with Gasteiger partial charge in [-0.25, -0.2) is 4.98 Å². The molecule has 1 saturated heterocycles. The lowest BCUT2D eigenvalue weighted by Crippen LogP contribution is -2.46. The highest BCUT2D eigenvalue weighted by Crippen LogP contribution is 2.21. The lowest BCUT2D eigenvalue weighted by molar-refractivity contribution is 0.0950. The molecule has 36 heavy (non-hydrogen) atoms. The Labute approximate surface area is 216 Å². The van der Waals surface area contributed by atoms with Crippen LogP contribution in [-0.4, -0.2) is 51.9 Å². The third-order valence-electron chi connectivity index (χ3n) is 6.27. The van der Waals surface area contributed by atoms with E-state index in [1.807, 2.05) is 48.8 Å². The molecule has 0 atom stereocenters. The number of piperazine rings is 1. The summed E-state index contributed by atoms with van der Waals surface area (Å²) in [7, 11) is 0. The zero-order chi connectivity index (χ0) is 24.2. The second kappa shape index (κ2) is 11.3. The van der Waals surface area contributed by atoms with Crippen molar-refractivity contribution in [2.45, 2.75) is 20.5 Å². The fourth-order valence-electron chi connectivity index (χ4n) is 4.28. The van der Waals surface area contributed by atoms with Crippen LogP contribution in [0.2, 0.25) is 5.02 Å². The number of carbonyl (C=O) groups excluding carboxylic acids is 1. The smallest absolute Gasteiger partial charge is 0.253 e. The SMILES string of the molecule is C.Nc1nccc2cc(CNC(=O)c3cnc(CN4CCN(c5ccncc5)CC4)c(Cl)c3)ccc12. The van der Waals surface area contributed by atoms with Crippen LogP contribution in [0.5, 0.6) is 0 Å². The second-order valence-corrected chi connectivity index (χ2v) is 8.96. The molecule has 1 fully saturated rings. The van der Waals surface area contributed by atoms with Gasteiger partial charge in [0.2, 0.25) is 0 Å². The lowest BCUT2D eigenvalue weighted by Gasteiger charge is -2.36. The zero-order valence-electron chi connectivity index (χ0n) is 19.2. The van der Waals surface area contributed by atoms with Crippen molar-refractivity contribution in [3.05, 3.63) is 89.1 Å². The molecule has 4 heterocycles. The predicted octanol–water partition coefficient (Wildman–Crippen LogP) is 4.15. The average molecular weight is 504 g/mol. The first kappa shape index (κ1) is 25.3. The number of rotatable bonds is 6. The van der Waals surface area contributed by atoms with Gasteiger partial charge in [0.25, 0.3) is 5.91 Å². The van der Waals surface area contributed by atoms with Crippen molar-refractivity contribution in [1.29, 1.82) is 0 Å².